The van der Waals surface area contributed by atoms with Crippen molar-refractivity contribution in [3.8, 4) is 11.5 Å². The van der Waals surface area contributed by atoms with Crippen molar-refractivity contribution in [1.82, 2.24) is 0 Å². The monoisotopic (exact) mass is 256 g/mol. The van der Waals surface area contributed by atoms with E-state index in [2.05, 4.69) is 0 Å². The number of para-hydroxylation sites is 2. The van der Waals surface area contributed by atoms with Gasteiger partial charge in [0.25, 0.3) is 0 Å². The minimum atomic E-state index is -0.230. The van der Waals surface area contributed by atoms with Gasteiger partial charge in [0, 0.05) is 0 Å². The summed E-state index contributed by atoms with van der Waals surface area (Å²) in [6.07, 6.45) is 0. The van der Waals surface area contributed by atoms with Crippen molar-refractivity contribution in [2.75, 3.05) is 0 Å². The largest absolute Gasteiger partial charge is 0.485 e. The molecule has 0 heterocycles. The van der Waals surface area contributed by atoms with Crippen LogP contribution < -0.4 is 9.47 Å². The Morgan fingerprint density at radius 1 is 0.789 bits per heavy atom. The summed E-state index contributed by atoms with van der Waals surface area (Å²) in [5, 5.41) is 0. The molecule has 0 atom stereocenters. The maximum atomic E-state index is 5.90. The maximum absolute atomic E-state index is 5.90. The van der Waals surface area contributed by atoms with Gasteiger partial charge >= 0.3 is 0 Å². The van der Waals surface area contributed by atoms with Crippen molar-refractivity contribution < 1.29 is 9.47 Å². The van der Waals surface area contributed by atoms with Crippen LogP contribution in [0.5, 0.6) is 11.5 Å². The molecule has 0 aliphatic rings. The number of hydrogen-bond donors (Lipinski definition) is 0. The molecule has 0 unspecified atom stereocenters. The predicted octanol–water partition coefficient (Wildman–Crippen LogP) is 4.44. The Bertz CT molecular complexity index is 512. The standard InChI is InChI=1S/C17H20O2/c1-17(2,3)19-16-12-8-7-11-15(16)18-13-14-9-5-4-6-10-14/h4-12H,13H2,1-3H3. The second-order valence-corrected chi connectivity index (χ2v) is 5.44. The molecule has 0 spiro atoms. The van der Waals surface area contributed by atoms with E-state index in [1.807, 2.05) is 75.4 Å². The Kier molecular flexibility index (Phi) is 4.10. The van der Waals surface area contributed by atoms with Crippen LogP contribution in [0.15, 0.2) is 54.6 Å². The second kappa shape index (κ2) is 5.79. The number of rotatable bonds is 4. The molecule has 2 aromatic rings. The molecule has 2 nitrogen and oxygen atoms in total. The number of benzene rings is 2. The number of ether oxygens (including phenoxy) is 2. The summed E-state index contributed by atoms with van der Waals surface area (Å²) in [7, 11) is 0. The van der Waals surface area contributed by atoms with Crippen LogP contribution in [0.4, 0.5) is 0 Å². The first kappa shape index (κ1) is 13.5. The molecule has 0 N–H and O–H groups in total. The fourth-order valence-corrected chi connectivity index (χ4v) is 1.72. The predicted molar refractivity (Wildman–Crippen MR) is 77.6 cm³/mol. The van der Waals surface area contributed by atoms with Crippen molar-refractivity contribution in [1.29, 1.82) is 0 Å². The van der Waals surface area contributed by atoms with Gasteiger partial charge in [0.05, 0.1) is 0 Å². The van der Waals surface area contributed by atoms with Crippen LogP contribution in [0, 0.1) is 0 Å². The highest BCUT2D eigenvalue weighted by molar-refractivity contribution is 5.40. The second-order valence-electron chi connectivity index (χ2n) is 5.44. The third-order valence-corrected chi connectivity index (χ3v) is 2.50. The van der Waals surface area contributed by atoms with E-state index < -0.39 is 0 Å². The fraction of sp³-hybridized carbons (Fsp3) is 0.294. The van der Waals surface area contributed by atoms with Crippen LogP contribution in [-0.4, -0.2) is 5.60 Å². The third-order valence-electron chi connectivity index (χ3n) is 2.50. The van der Waals surface area contributed by atoms with E-state index >= 15 is 0 Å². The first-order valence-corrected chi connectivity index (χ1v) is 6.49. The van der Waals surface area contributed by atoms with Crippen molar-refractivity contribution in [2.24, 2.45) is 0 Å². The molecule has 0 aliphatic carbocycles. The molecular formula is C17H20O2. The Balaban J connectivity index is 2.08. The van der Waals surface area contributed by atoms with Gasteiger partial charge in [-0.15, -0.1) is 0 Å². The summed E-state index contributed by atoms with van der Waals surface area (Å²) in [5.74, 6) is 1.56. The molecule has 2 rings (SSSR count). The van der Waals surface area contributed by atoms with E-state index in [0.29, 0.717) is 6.61 Å². The van der Waals surface area contributed by atoms with Crippen LogP contribution >= 0.6 is 0 Å². The Morgan fingerprint density at radius 3 is 2.00 bits per heavy atom. The molecule has 2 aromatic carbocycles. The zero-order valence-corrected chi connectivity index (χ0v) is 11.7. The quantitative estimate of drug-likeness (QED) is 0.805. The fourth-order valence-electron chi connectivity index (χ4n) is 1.72. The van der Waals surface area contributed by atoms with Gasteiger partial charge in [-0.25, -0.2) is 0 Å². The Labute approximate surface area is 115 Å². The lowest BCUT2D eigenvalue weighted by Gasteiger charge is -2.23. The van der Waals surface area contributed by atoms with Crippen LogP contribution in [0.1, 0.15) is 26.3 Å². The van der Waals surface area contributed by atoms with Gasteiger partial charge in [-0.1, -0.05) is 42.5 Å². The van der Waals surface area contributed by atoms with Crippen molar-refractivity contribution in [3.05, 3.63) is 60.2 Å². The zero-order chi connectivity index (χ0) is 13.7. The topological polar surface area (TPSA) is 18.5 Å². The summed E-state index contributed by atoms with van der Waals surface area (Å²) in [4.78, 5) is 0. The molecular weight excluding hydrogens is 236 g/mol. The van der Waals surface area contributed by atoms with Gasteiger partial charge in [-0.05, 0) is 38.5 Å². The Morgan fingerprint density at radius 2 is 1.37 bits per heavy atom. The number of hydrogen-bond acceptors (Lipinski definition) is 2. The molecule has 0 aromatic heterocycles. The molecule has 2 heteroatoms. The first-order valence-electron chi connectivity index (χ1n) is 6.49. The summed E-state index contributed by atoms with van der Waals surface area (Å²) < 4.78 is 11.7. The van der Waals surface area contributed by atoms with E-state index in [1.54, 1.807) is 0 Å². The smallest absolute Gasteiger partial charge is 0.161 e. The summed E-state index contributed by atoms with van der Waals surface area (Å²) in [6, 6.07) is 17.9. The average molecular weight is 256 g/mol. The lowest BCUT2D eigenvalue weighted by molar-refractivity contribution is 0.123. The molecule has 0 amide bonds. The van der Waals surface area contributed by atoms with Crippen molar-refractivity contribution >= 4 is 0 Å². The molecule has 0 aliphatic heterocycles. The van der Waals surface area contributed by atoms with Gasteiger partial charge < -0.3 is 9.47 Å². The Hall–Kier alpha value is -1.96. The van der Waals surface area contributed by atoms with Gasteiger partial charge in [0.2, 0.25) is 0 Å². The highest BCUT2D eigenvalue weighted by atomic mass is 16.5. The van der Waals surface area contributed by atoms with Crippen LogP contribution in [-0.2, 0) is 6.61 Å². The zero-order valence-electron chi connectivity index (χ0n) is 11.7. The minimum absolute atomic E-state index is 0.230. The first-order chi connectivity index (χ1) is 9.04. The maximum Gasteiger partial charge on any atom is 0.161 e. The van der Waals surface area contributed by atoms with Gasteiger partial charge in [-0.2, -0.15) is 0 Å². The summed E-state index contributed by atoms with van der Waals surface area (Å²) in [5.41, 5.74) is 0.916. The van der Waals surface area contributed by atoms with Crippen molar-refractivity contribution in [3.63, 3.8) is 0 Å². The van der Waals surface area contributed by atoms with Gasteiger partial charge in [0.15, 0.2) is 11.5 Å². The molecule has 19 heavy (non-hydrogen) atoms. The van der Waals surface area contributed by atoms with E-state index in [-0.39, 0.29) is 5.60 Å². The van der Waals surface area contributed by atoms with E-state index in [4.69, 9.17) is 9.47 Å². The van der Waals surface area contributed by atoms with E-state index in [1.165, 1.54) is 0 Å². The lowest BCUT2D eigenvalue weighted by Crippen LogP contribution is -2.23. The normalized spacial score (nSPS) is 11.1. The van der Waals surface area contributed by atoms with E-state index in [0.717, 1.165) is 17.1 Å². The van der Waals surface area contributed by atoms with E-state index in [9.17, 15) is 0 Å². The molecule has 0 saturated heterocycles. The van der Waals surface area contributed by atoms with Crippen LogP contribution in [0.2, 0.25) is 0 Å². The average Bonchev–Trinajstić information content (AvgIpc) is 2.37. The summed E-state index contributed by atoms with van der Waals surface area (Å²) >= 11 is 0. The summed E-state index contributed by atoms with van der Waals surface area (Å²) in [6.45, 7) is 6.63. The molecule has 100 valence electrons. The SMILES string of the molecule is CC(C)(C)Oc1ccccc1OCc1ccccc1. The highest BCUT2D eigenvalue weighted by Gasteiger charge is 2.14. The molecule has 0 radical (unpaired) electrons. The lowest BCUT2D eigenvalue weighted by atomic mass is 10.2. The third kappa shape index (κ3) is 4.32. The molecule has 0 saturated carbocycles. The molecule has 0 fully saturated rings. The van der Waals surface area contributed by atoms with Crippen LogP contribution in [0.3, 0.4) is 0 Å². The van der Waals surface area contributed by atoms with Gasteiger partial charge in [0.1, 0.15) is 12.2 Å². The molecule has 0 bridgehead atoms. The van der Waals surface area contributed by atoms with Crippen molar-refractivity contribution in [2.45, 2.75) is 33.0 Å². The highest BCUT2D eigenvalue weighted by Crippen LogP contribution is 2.30. The van der Waals surface area contributed by atoms with Gasteiger partial charge in [-0.3, -0.25) is 0 Å². The minimum Gasteiger partial charge on any atom is -0.485 e. The van der Waals surface area contributed by atoms with Crippen LogP contribution in [0.25, 0.3) is 0 Å².